The predicted molar refractivity (Wildman–Crippen MR) is 148 cm³/mol. The van der Waals surface area contributed by atoms with Gasteiger partial charge in [-0.2, -0.15) is 0 Å². The Hall–Kier alpha value is -4.18. The molecule has 0 aliphatic heterocycles. The quantitative estimate of drug-likeness (QED) is 0.261. The molecule has 0 radical (unpaired) electrons. The van der Waals surface area contributed by atoms with Crippen molar-refractivity contribution in [3.63, 3.8) is 0 Å². The van der Waals surface area contributed by atoms with Crippen LogP contribution in [0.25, 0.3) is 11.1 Å². The van der Waals surface area contributed by atoms with Crippen molar-refractivity contribution >= 4 is 11.9 Å². The first kappa shape index (κ1) is 25.9. The van der Waals surface area contributed by atoms with E-state index in [0.29, 0.717) is 19.5 Å². The Morgan fingerprint density at radius 3 is 2.05 bits per heavy atom. The smallest absolute Gasteiger partial charge is 0.307 e. The normalized spacial score (nSPS) is 10.7. The predicted octanol–water partition coefficient (Wildman–Crippen LogP) is 6.49. The van der Waals surface area contributed by atoms with E-state index in [1.165, 1.54) is 11.1 Å². The van der Waals surface area contributed by atoms with Crippen LogP contribution in [0.15, 0.2) is 103 Å². The van der Waals surface area contributed by atoms with Crippen LogP contribution in [0.4, 0.5) is 0 Å². The second kappa shape index (κ2) is 12.7. The Labute approximate surface area is 219 Å². The maximum atomic E-state index is 13.4. The number of hydrogen-bond donors (Lipinski definition) is 1. The molecule has 0 aromatic heterocycles. The Balaban J connectivity index is 1.48. The average Bonchev–Trinajstić information content (AvgIpc) is 2.90. The summed E-state index contributed by atoms with van der Waals surface area (Å²) in [5, 5.41) is 9.26. The van der Waals surface area contributed by atoms with Crippen LogP contribution >= 0.6 is 0 Å². The zero-order valence-corrected chi connectivity index (χ0v) is 21.3. The fourth-order valence-corrected chi connectivity index (χ4v) is 4.53. The van der Waals surface area contributed by atoms with Gasteiger partial charge < -0.3 is 10.0 Å². The Morgan fingerprint density at radius 2 is 1.35 bits per heavy atom. The van der Waals surface area contributed by atoms with Gasteiger partial charge in [-0.05, 0) is 53.1 Å². The van der Waals surface area contributed by atoms with E-state index in [-0.39, 0.29) is 12.3 Å². The molecule has 4 heteroatoms. The van der Waals surface area contributed by atoms with Crippen LogP contribution in [-0.2, 0) is 35.4 Å². The minimum Gasteiger partial charge on any atom is -0.481 e. The van der Waals surface area contributed by atoms with Gasteiger partial charge in [0.15, 0.2) is 0 Å². The monoisotopic (exact) mass is 491 g/mol. The molecule has 0 bridgehead atoms. The summed E-state index contributed by atoms with van der Waals surface area (Å²) in [7, 11) is 0. The molecule has 188 valence electrons. The zero-order chi connectivity index (χ0) is 26.0. The van der Waals surface area contributed by atoms with Crippen molar-refractivity contribution in [1.82, 2.24) is 4.90 Å². The number of benzene rings is 4. The highest BCUT2D eigenvalue weighted by atomic mass is 16.4. The Bertz CT molecular complexity index is 1310. The van der Waals surface area contributed by atoms with Crippen molar-refractivity contribution in [2.75, 3.05) is 6.54 Å². The molecule has 0 spiro atoms. The van der Waals surface area contributed by atoms with Crippen LogP contribution in [0.2, 0.25) is 0 Å². The molecule has 0 aliphatic carbocycles. The molecule has 0 unspecified atom stereocenters. The summed E-state index contributed by atoms with van der Waals surface area (Å²) < 4.78 is 0. The third-order valence-corrected chi connectivity index (χ3v) is 6.56. The fraction of sp³-hybridized carbons (Fsp3) is 0.212. The molecule has 4 nitrogen and oxygen atoms in total. The first-order valence-corrected chi connectivity index (χ1v) is 12.7. The number of carboxylic acid groups (broad SMARTS) is 1. The number of aliphatic carboxylic acids is 1. The second-order valence-electron chi connectivity index (χ2n) is 9.49. The first-order valence-electron chi connectivity index (χ1n) is 12.7. The summed E-state index contributed by atoms with van der Waals surface area (Å²) >= 11 is 0. The van der Waals surface area contributed by atoms with Gasteiger partial charge in [-0.1, -0.05) is 109 Å². The van der Waals surface area contributed by atoms with Gasteiger partial charge in [0.2, 0.25) is 5.91 Å². The van der Waals surface area contributed by atoms with Gasteiger partial charge in [0.1, 0.15) is 0 Å². The summed E-state index contributed by atoms with van der Waals surface area (Å²) in [5.41, 5.74) is 7.22. The lowest BCUT2D eigenvalue weighted by atomic mass is 9.97. The highest BCUT2D eigenvalue weighted by molar-refractivity contribution is 5.79. The molecular formula is C33H33NO3. The molecule has 0 saturated heterocycles. The molecule has 0 aliphatic rings. The largest absolute Gasteiger partial charge is 0.481 e. The van der Waals surface area contributed by atoms with Gasteiger partial charge in [-0.25, -0.2) is 0 Å². The first-order chi connectivity index (χ1) is 18.0. The van der Waals surface area contributed by atoms with Crippen LogP contribution in [0, 0.1) is 6.92 Å². The third-order valence-electron chi connectivity index (χ3n) is 6.56. The minimum atomic E-state index is -0.845. The molecule has 4 aromatic rings. The number of amides is 1. The van der Waals surface area contributed by atoms with Crippen molar-refractivity contribution in [3.8, 4) is 11.1 Å². The van der Waals surface area contributed by atoms with E-state index in [2.05, 4.69) is 12.1 Å². The highest BCUT2D eigenvalue weighted by Crippen LogP contribution is 2.25. The summed E-state index contributed by atoms with van der Waals surface area (Å²) in [5.74, 6) is -0.727. The van der Waals surface area contributed by atoms with E-state index in [1.54, 1.807) is 0 Å². The lowest BCUT2D eigenvalue weighted by molar-refractivity contribution is -0.136. The van der Waals surface area contributed by atoms with Crippen molar-refractivity contribution in [2.45, 2.75) is 39.2 Å². The standard InChI is InChI=1S/C33H33NO3/c1-25-13-15-27(16-14-25)22-32(35)34(21-7-10-26-8-3-2-4-9-26)24-28-17-19-29(20-18-28)31-12-6-5-11-30(31)23-33(36)37/h2-6,8-9,11-20H,7,10,21-24H2,1H3,(H,36,37). The van der Waals surface area contributed by atoms with Crippen molar-refractivity contribution in [3.05, 3.63) is 131 Å². The number of carbonyl (C=O) groups is 2. The minimum absolute atomic E-state index is 0.0133. The van der Waals surface area contributed by atoms with Crippen molar-refractivity contribution in [1.29, 1.82) is 0 Å². The molecule has 4 rings (SSSR count). The van der Waals surface area contributed by atoms with Gasteiger partial charge in [-0.3, -0.25) is 9.59 Å². The number of carboxylic acids is 1. The summed E-state index contributed by atoms with van der Waals surface area (Å²) in [6.45, 7) is 3.27. The van der Waals surface area contributed by atoms with E-state index >= 15 is 0 Å². The van der Waals surface area contributed by atoms with Gasteiger partial charge in [0.05, 0.1) is 12.8 Å². The van der Waals surface area contributed by atoms with Crippen molar-refractivity contribution in [2.24, 2.45) is 0 Å². The maximum Gasteiger partial charge on any atom is 0.307 e. The number of rotatable bonds is 11. The van der Waals surface area contributed by atoms with E-state index in [1.807, 2.05) is 103 Å². The van der Waals surface area contributed by atoms with Crippen molar-refractivity contribution < 1.29 is 14.7 Å². The highest BCUT2D eigenvalue weighted by Gasteiger charge is 2.15. The van der Waals surface area contributed by atoms with E-state index < -0.39 is 5.97 Å². The third kappa shape index (κ3) is 7.65. The van der Waals surface area contributed by atoms with Crippen LogP contribution in [0.5, 0.6) is 0 Å². The molecule has 1 amide bonds. The summed E-state index contributed by atoms with van der Waals surface area (Å²) in [6.07, 6.45) is 2.19. The molecule has 0 heterocycles. The summed E-state index contributed by atoms with van der Waals surface area (Å²) in [6, 6.07) is 34.2. The van der Waals surface area contributed by atoms with Gasteiger partial charge in [0.25, 0.3) is 0 Å². The van der Waals surface area contributed by atoms with Gasteiger partial charge >= 0.3 is 5.97 Å². The Morgan fingerprint density at radius 1 is 0.703 bits per heavy atom. The molecule has 0 atom stereocenters. The average molecular weight is 492 g/mol. The molecule has 1 N–H and O–H groups in total. The Kier molecular flexibility index (Phi) is 8.88. The number of nitrogens with zero attached hydrogens (tertiary/aromatic N) is 1. The lowest BCUT2D eigenvalue weighted by Gasteiger charge is -2.23. The topological polar surface area (TPSA) is 57.6 Å². The van der Waals surface area contributed by atoms with Gasteiger partial charge in [0, 0.05) is 13.1 Å². The molecule has 4 aromatic carbocycles. The zero-order valence-electron chi connectivity index (χ0n) is 21.3. The molecule has 37 heavy (non-hydrogen) atoms. The van der Waals surface area contributed by atoms with Gasteiger partial charge in [-0.15, -0.1) is 0 Å². The lowest BCUT2D eigenvalue weighted by Crippen LogP contribution is -2.33. The van der Waals surface area contributed by atoms with E-state index in [0.717, 1.165) is 40.7 Å². The summed E-state index contributed by atoms with van der Waals surface area (Å²) in [4.78, 5) is 26.6. The number of aryl methyl sites for hydroxylation is 2. The number of carbonyl (C=O) groups excluding carboxylic acids is 1. The molecule has 0 fully saturated rings. The maximum absolute atomic E-state index is 13.4. The van der Waals surface area contributed by atoms with Crippen LogP contribution in [0.1, 0.15) is 34.2 Å². The van der Waals surface area contributed by atoms with E-state index in [9.17, 15) is 14.7 Å². The number of hydrogen-bond acceptors (Lipinski definition) is 2. The SMILES string of the molecule is Cc1ccc(CC(=O)N(CCCc2ccccc2)Cc2ccc(-c3ccccc3CC(=O)O)cc2)cc1. The van der Waals surface area contributed by atoms with Crippen LogP contribution < -0.4 is 0 Å². The van der Waals surface area contributed by atoms with Crippen LogP contribution in [-0.4, -0.2) is 28.4 Å². The second-order valence-corrected chi connectivity index (χ2v) is 9.49. The fourth-order valence-electron chi connectivity index (χ4n) is 4.53. The van der Waals surface area contributed by atoms with Crippen LogP contribution in [0.3, 0.4) is 0 Å². The molecule has 0 saturated carbocycles. The molecular weight excluding hydrogens is 458 g/mol. The van der Waals surface area contributed by atoms with E-state index in [4.69, 9.17) is 0 Å².